The van der Waals surface area contributed by atoms with E-state index in [4.69, 9.17) is 10.5 Å². The van der Waals surface area contributed by atoms with Crippen LogP contribution in [0.5, 0.6) is 0 Å². The van der Waals surface area contributed by atoms with Gasteiger partial charge in [-0.2, -0.15) is 0 Å². The second-order valence-corrected chi connectivity index (χ2v) is 5.45. The maximum atomic E-state index is 5.82. The van der Waals surface area contributed by atoms with Gasteiger partial charge >= 0.3 is 0 Å². The first-order valence-corrected chi connectivity index (χ1v) is 7.54. The summed E-state index contributed by atoms with van der Waals surface area (Å²) in [6, 6.07) is 17.2. The van der Waals surface area contributed by atoms with Gasteiger partial charge in [-0.25, -0.2) is 0 Å². The molecular weight excluding hydrogens is 260 g/mol. The molecule has 0 radical (unpaired) electrons. The molecule has 0 unspecified atom stereocenters. The minimum absolute atomic E-state index is 0.575. The van der Waals surface area contributed by atoms with Gasteiger partial charge in [0.1, 0.15) is 0 Å². The normalized spacial score (nSPS) is 16.0. The standard InChI is InChI=1S/C18H22N2O/c19-13-17-3-1-2-4-18(17)16-7-5-15(6-8-16)14-20-9-11-21-12-10-20/h1-8H,9-14,19H2. The Hall–Kier alpha value is -1.68. The second kappa shape index (κ2) is 6.85. The molecule has 1 heterocycles. The highest BCUT2D eigenvalue weighted by Gasteiger charge is 2.10. The van der Waals surface area contributed by atoms with Crippen molar-refractivity contribution in [1.82, 2.24) is 4.90 Å². The minimum atomic E-state index is 0.575. The lowest BCUT2D eigenvalue weighted by atomic mass is 9.98. The zero-order chi connectivity index (χ0) is 14.5. The predicted molar refractivity (Wildman–Crippen MR) is 85.9 cm³/mol. The van der Waals surface area contributed by atoms with Crippen LogP contribution in [0.1, 0.15) is 11.1 Å². The third-order valence-corrected chi connectivity index (χ3v) is 4.01. The summed E-state index contributed by atoms with van der Waals surface area (Å²) in [4.78, 5) is 2.44. The molecule has 0 aliphatic carbocycles. The largest absolute Gasteiger partial charge is 0.379 e. The molecular formula is C18H22N2O. The van der Waals surface area contributed by atoms with E-state index < -0.39 is 0 Å². The van der Waals surface area contributed by atoms with Crippen molar-refractivity contribution in [3.05, 3.63) is 59.7 Å². The number of benzene rings is 2. The van der Waals surface area contributed by atoms with Gasteiger partial charge in [-0.3, -0.25) is 4.90 Å². The molecule has 0 bridgehead atoms. The van der Waals surface area contributed by atoms with E-state index in [1.54, 1.807) is 0 Å². The zero-order valence-corrected chi connectivity index (χ0v) is 12.3. The van der Waals surface area contributed by atoms with Crippen molar-refractivity contribution in [2.24, 2.45) is 5.73 Å². The number of nitrogens with zero attached hydrogens (tertiary/aromatic N) is 1. The predicted octanol–water partition coefficient (Wildman–Crippen LogP) is 2.64. The Morgan fingerprint density at radius 1 is 0.952 bits per heavy atom. The van der Waals surface area contributed by atoms with E-state index in [2.05, 4.69) is 47.4 Å². The molecule has 1 saturated heterocycles. The van der Waals surface area contributed by atoms with Crippen LogP contribution in [-0.2, 0) is 17.8 Å². The summed E-state index contributed by atoms with van der Waals surface area (Å²) in [5.74, 6) is 0. The Labute approximate surface area is 126 Å². The van der Waals surface area contributed by atoms with Crippen molar-refractivity contribution < 1.29 is 4.74 Å². The molecule has 3 heteroatoms. The van der Waals surface area contributed by atoms with Crippen LogP contribution in [0.25, 0.3) is 11.1 Å². The molecule has 3 rings (SSSR count). The maximum absolute atomic E-state index is 5.82. The first-order valence-electron chi connectivity index (χ1n) is 7.54. The van der Waals surface area contributed by atoms with Crippen molar-refractivity contribution in [2.45, 2.75) is 13.1 Å². The average Bonchev–Trinajstić information content (AvgIpc) is 2.56. The highest BCUT2D eigenvalue weighted by molar-refractivity contribution is 5.67. The highest BCUT2D eigenvalue weighted by Crippen LogP contribution is 2.24. The zero-order valence-electron chi connectivity index (χ0n) is 12.3. The average molecular weight is 282 g/mol. The van der Waals surface area contributed by atoms with Crippen molar-refractivity contribution in [3.8, 4) is 11.1 Å². The molecule has 110 valence electrons. The van der Waals surface area contributed by atoms with Gasteiger partial charge in [0.25, 0.3) is 0 Å². The van der Waals surface area contributed by atoms with Crippen LogP contribution >= 0.6 is 0 Å². The van der Waals surface area contributed by atoms with Gasteiger partial charge in [0.05, 0.1) is 13.2 Å². The lowest BCUT2D eigenvalue weighted by molar-refractivity contribution is 0.0342. The molecule has 1 fully saturated rings. The van der Waals surface area contributed by atoms with Crippen LogP contribution in [0.4, 0.5) is 0 Å². The SMILES string of the molecule is NCc1ccccc1-c1ccc(CN2CCOCC2)cc1. The number of morpholine rings is 1. The maximum Gasteiger partial charge on any atom is 0.0594 e. The third kappa shape index (κ3) is 3.50. The van der Waals surface area contributed by atoms with Gasteiger partial charge in [0, 0.05) is 26.2 Å². The van der Waals surface area contributed by atoms with E-state index >= 15 is 0 Å². The fourth-order valence-corrected chi connectivity index (χ4v) is 2.79. The van der Waals surface area contributed by atoms with Crippen LogP contribution in [0.2, 0.25) is 0 Å². The minimum Gasteiger partial charge on any atom is -0.379 e. The molecule has 2 aromatic carbocycles. The van der Waals surface area contributed by atoms with Crippen LogP contribution < -0.4 is 5.73 Å². The number of ether oxygens (including phenoxy) is 1. The summed E-state index contributed by atoms with van der Waals surface area (Å²) >= 11 is 0. The molecule has 0 amide bonds. The molecule has 1 aliphatic heterocycles. The molecule has 0 aromatic heterocycles. The van der Waals surface area contributed by atoms with Crippen LogP contribution in [0, 0.1) is 0 Å². The first-order chi connectivity index (χ1) is 10.4. The molecule has 2 aromatic rings. The van der Waals surface area contributed by atoms with E-state index in [0.717, 1.165) is 32.8 Å². The summed E-state index contributed by atoms with van der Waals surface area (Å²) in [5, 5.41) is 0. The first kappa shape index (κ1) is 14.3. The summed E-state index contributed by atoms with van der Waals surface area (Å²) in [6.07, 6.45) is 0. The van der Waals surface area contributed by atoms with Gasteiger partial charge in [-0.05, 0) is 22.3 Å². The van der Waals surface area contributed by atoms with E-state index in [1.807, 2.05) is 6.07 Å². The third-order valence-electron chi connectivity index (χ3n) is 4.01. The summed E-state index contributed by atoms with van der Waals surface area (Å²) < 4.78 is 5.39. The fourth-order valence-electron chi connectivity index (χ4n) is 2.79. The van der Waals surface area contributed by atoms with Gasteiger partial charge in [-0.1, -0.05) is 48.5 Å². The second-order valence-electron chi connectivity index (χ2n) is 5.45. The Balaban J connectivity index is 1.74. The van der Waals surface area contributed by atoms with Crippen LogP contribution in [0.15, 0.2) is 48.5 Å². The lowest BCUT2D eigenvalue weighted by Gasteiger charge is -2.26. The summed E-state index contributed by atoms with van der Waals surface area (Å²) in [6.45, 7) is 5.33. The topological polar surface area (TPSA) is 38.5 Å². The van der Waals surface area contributed by atoms with E-state index in [0.29, 0.717) is 6.54 Å². The van der Waals surface area contributed by atoms with Crippen molar-refractivity contribution in [2.75, 3.05) is 26.3 Å². The molecule has 0 saturated carbocycles. The van der Waals surface area contributed by atoms with Gasteiger partial charge in [0.2, 0.25) is 0 Å². The molecule has 21 heavy (non-hydrogen) atoms. The van der Waals surface area contributed by atoms with Gasteiger partial charge in [0.15, 0.2) is 0 Å². The molecule has 0 atom stereocenters. The van der Waals surface area contributed by atoms with E-state index in [-0.39, 0.29) is 0 Å². The van der Waals surface area contributed by atoms with Crippen LogP contribution in [-0.4, -0.2) is 31.2 Å². The van der Waals surface area contributed by atoms with Crippen molar-refractivity contribution >= 4 is 0 Å². The van der Waals surface area contributed by atoms with Gasteiger partial charge < -0.3 is 10.5 Å². The van der Waals surface area contributed by atoms with Crippen molar-refractivity contribution in [3.63, 3.8) is 0 Å². The Bertz CT molecular complexity index is 574. The molecule has 0 spiro atoms. The highest BCUT2D eigenvalue weighted by atomic mass is 16.5. The van der Waals surface area contributed by atoms with Gasteiger partial charge in [-0.15, -0.1) is 0 Å². The lowest BCUT2D eigenvalue weighted by Crippen LogP contribution is -2.35. The molecule has 2 N–H and O–H groups in total. The number of rotatable bonds is 4. The van der Waals surface area contributed by atoms with Crippen LogP contribution in [0.3, 0.4) is 0 Å². The summed E-state index contributed by atoms with van der Waals surface area (Å²) in [5.41, 5.74) is 10.8. The number of nitrogens with two attached hydrogens (primary N) is 1. The fraction of sp³-hybridized carbons (Fsp3) is 0.333. The quantitative estimate of drug-likeness (QED) is 0.937. The Kier molecular flexibility index (Phi) is 4.65. The van der Waals surface area contributed by atoms with Crippen molar-refractivity contribution in [1.29, 1.82) is 0 Å². The molecule has 3 nitrogen and oxygen atoms in total. The Morgan fingerprint density at radius 2 is 1.67 bits per heavy atom. The number of hydrogen-bond acceptors (Lipinski definition) is 3. The molecule has 1 aliphatic rings. The summed E-state index contributed by atoms with van der Waals surface area (Å²) in [7, 11) is 0. The Morgan fingerprint density at radius 3 is 2.38 bits per heavy atom. The number of hydrogen-bond donors (Lipinski definition) is 1. The monoisotopic (exact) mass is 282 g/mol. The smallest absolute Gasteiger partial charge is 0.0594 e. The van der Waals surface area contributed by atoms with E-state index in [9.17, 15) is 0 Å². The van der Waals surface area contributed by atoms with E-state index in [1.165, 1.54) is 22.3 Å².